The number of benzene rings is 12. The molecule has 0 atom stereocenters. The van der Waals surface area contributed by atoms with Crippen LogP contribution in [-0.2, 0) is 17.1 Å². The molecule has 0 N–H and O–H groups in total. The molecule has 0 spiro atoms. The van der Waals surface area contributed by atoms with Gasteiger partial charge in [0.05, 0.1) is 90.9 Å². The Balaban J connectivity index is 0.000000206. The van der Waals surface area contributed by atoms with Crippen molar-refractivity contribution >= 4 is 103 Å². The monoisotopic (exact) mass is 1810 g/mol. The second kappa shape index (κ2) is 48.1. The SMILES string of the molecule is COCCCCCCOc1c(OC)cc(/C=C/c2cc(OC)c(/C=C/c3cc(OC)c(C)c(OC)c3)cc2OC)cc1OC.COc1cc(C=O)cc(OC)c1OCCCCCCOc1c(OC)cc(C=O)cc1OC.COc1cc(CP(Cl)(c2ccccc2)(c2ccccc2)c2ccccc2)c(OC)cc1CP(Cl)(c1ccccc1)(c1ccccc1)c1ccccc1. The van der Waals surface area contributed by atoms with Crippen molar-refractivity contribution in [3.05, 3.63) is 305 Å². The van der Waals surface area contributed by atoms with Gasteiger partial charge in [-0.05, 0) is 124 Å². The summed E-state index contributed by atoms with van der Waals surface area (Å²) in [6.45, 7) is 4.31. The summed E-state index contributed by atoms with van der Waals surface area (Å²) in [6.07, 6.45) is 18.1. The van der Waals surface area contributed by atoms with Crippen molar-refractivity contribution in [2.24, 2.45) is 0 Å². The minimum atomic E-state index is -3.70. The molecule has 22 heteroatoms. The summed E-state index contributed by atoms with van der Waals surface area (Å²) in [6, 6.07) is 85.6. The van der Waals surface area contributed by atoms with E-state index in [1.54, 1.807) is 88.3 Å². The number of halogens is 2. The van der Waals surface area contributed by atoms with Gasteiger partial charge in [0.2, 0.25) is 17.2 Å². The number of hydrogen-bond acceptors (Lipinski definition) is 18. The van der Waals surface area contributed by atoms with E-state index in [4.69, 9.17) is 98.3 Å². The normalized spacial score (nSPS) is 11.8. The van der Waals surface area contributed by atoms with Gasteiger partial charge in [0, 0.05) is 41.5 Å². The van der Waals surface area contributed by atoms with Crippen LogP contribution in [0.1, 0.15) is 111 Å². The van der Waals surface area contributed by atoms with Gasteiger partial charge in [-0.15, -0.1) is 0 Å². The Hall–Kier alpha value is -12.1. The zero-order valence-corrected chi connectivity index (χ0v) is 78.9. The van der Waals surface area contributed by atoms with Crippen molar-refractivity contribution in [1.82, 2.24) is 0 Å². The Kier molecular flexibility index (Phi) is 36.9. The molecule has 0 aromatic heterocycles. The van der Waals surface area contributed by atoms with E-state index >= 15 is 0 Å². The molecule has 12 aromatic rings. The molecule has 128 heavy (non-hydrogen) atoms. The van der Waals surface area contributed by atoms with Crippen LogP contribution in [-0.4, -0.2) is 131 Å². The molecule has 674 valence electrons. The molecule has 0 unspecified atom stereocenters. The fourth-order valence-electron chi connectivity index (χ4n) is 15.7. The van der Waals surface area contributed by atoms with E-state index in [2.05, 4.69) is 158 Å². The van der Waals surface area contributed by atoms with Crippen LogP contribution in [0, 0.1) is 6.92 Å². The van der Waals surface area contributed by atoms with E-state index in [0.29, 0.717) is 107 Å². The standard InChI is InChI=1S/C46H42Cl2O2P2.C36H46O8.C24H30O8/c1-49-45-33-38(36-52(48,42-27-15-6-16-28-42,43-29-17-7-18-30-43)44-31-19-8-20-32-44)46(50-2)34-37(45)35-51(47,39-21-9-3-10-22-39,40-23-11-4-12-24-40)41-25-13-5-14-26-41;1-25-30(38-3)19-26(20-31(25)39-4)13-15-28-23-33(41-6)29(24-32(28)40-5)16-14-27-21-34(42-7)36(35(22-27)43-8)44-18-12-10-9-11-17-37-2;1-27-19-11-17(15-25)12-20(28-2)23(19)31-9-7-5-6-8-10-32-24-21(29-3)13-18(16-26)14-22(24)30-4/h3-34H,35-36H2,1-2H3;13-16,19-24H,9-12,17-18H2,1-8H3;11-16H,5-10H2,1-4H3/b;15-13+,16-14+;. The minimum absolute atomic E-state index is 0.458. The molecule has 0 bridgehead atoms. The molecule has 0 radical (unpaired) electrons. The average molecular weight is 1810 g/mol. The maximum absolute atomic E-state index is 11.0. The van der Waals surface area contributed by atoms with Gasteiger partial charge < -0.3 is 66.3 Å². The van der Waals surface area contributed by atoms with Gasteiger partial charge in [0.1, 0.15) is 35.6 Å². The van der Waals surface area contributed by atoms with Crippen molar-refractivity contribution in [2.45, 2.75) is 70.6 Å². The summed E-state index contributed by atoms with van der Waals surface area (Å²) < 4.78 is 90.7. The van der Waals surface area contributed by atoms with E-state index in [1.807, 2.05) is 104 Å². The van der Waals surface area contributed by atoms with Gasteiger partial charge in [-0.2, -0.15) is 0 Å². The number of methoxy groups -OCH3 is 13. The second-order valence-electron chi connectivity index (χ2n) is 30.1. The number of carbonyl (C=O) groups is 2. The topological polar surface area (TPSA) is 182 Å². The van der Waals surface area contributed by atoms with Crippen molar-refractivity contribution in [1.29, 1.82) is 0 Å². The molecular formula is C106H118Cl2O18P2. The summed E-state index contributed by atoms with van der Waals surface area (Å²) >= 11 is 17.1. The van der Waals surface area contributed by atoms with E-state index in [0.717, 1.165) is 164 Å². The quantitative estimate of drug-likeness (QED) is 0.0152. The van der Waals surface area contributed by atoms with Crippen molar-refractivity contribution in [3.8, 4) is 86.2 Å². The molecule has 0 saturated heterocycles. The summed E-state index contributed by atoms with van der Waals surface area (Å²) in [5.41, 5.74) is 7.33. The average Bonchev–Trinajstić information content (AvgIpc) is 0.700. The molecule has 0 aliphatic carbocycles. The Labute approximate surface area is 764 Å². The van der Waals surface area contributed by atoms with E-state index in [9.17, 15) is 9.59 Å². The third-order valence-corrected chi connectivity index (χ3v) is 36.7. The summed E-state index contributed by atoms with van der Waals surface area (Å²) in [7, 11) is 21.1. The van der Waals surface area contributed by atoms with Crippen LogP contribution in [0.4, 0.5) is 0 Å². The first-order valence-electron chi connectivity index (χ1n) is 42.3. The van der Waals surface area contributed by atoms with Gasteiger partial charge in [0.25, 0.3) is 0 Å². The summed E-state index contributed by atoms with van der Waals surface area (Å²) in [4.78, 5) is 22.1. The Morgan fingerprint density at radius 1 is 0.250 bits per heavy atom. The van der Waals surface area contributed by atoms with Crippen molar-refractivity contribution in [3.63, 3.8) is 0 Å². The number of hydrogen-bond donors (Lipinski definition) is 0. The first kappa shape index (κ1) is 98.0. The van der Waals surface area contributed by atoms with Gasteiger partial charge in [-0.1, -0.05) is 30.7 Å². The molecule has 0 heterocycles. The second-order valence-corrected chi connectivity index (χ2v) is 43.0. The predicted molar refractivity (Wildman–Crippen MR) is 525 cm³/mol. The van der Waals surface area contributed by atoms with Crippen LogP contribution in [0.25, 0.3) is 24.3 Å². The van der Waals surface area contributed by atoms with Gasteiger partial charge in [-0.25, -0.2) is 0 Å². The third-order valence-electron chi connectivity index (χ3n) is 22.4. The first-order chi connectivity index (χ1) is 62.3. The maximum atomic E-state index is 11.0. The van der Waals surface area contributed by atoms with Crippen LogP contribution >= 0.6 is 34.4 Å². The van der Waals surface area contributed by atoms with Crippen LogP contribution in [0.2, 0.25) is 0 Å². The van der Waals surface area contributed by atoms with Gasteiger partial charge >= 0.3 is 319 Å². The van der Waals surface area contributed by atoms with Gasteiger partial charge in [-0.3, -0.25) is 9.59 Å². The molecule has 18 nitrogen and oxygen atoms in total. The van der Waals surface area contributed by atoms with E-state index in [1.165, 1.54) is 28.4 Å². The number of ether oxygens (including phenoxy) is 16. The molecule has 12 aromatic carbocycles. The molecule has 0 aliphatic rings. The zero-order valence-electron chi connectivity index (χ0n) is 75.6. The molecule has 0 amide bonds. The molecule has 0 fully saturated rings. The summed E-state index contributed by atoms with van der Waals surface area (Å²) in [5.74, 6) is 1.65. The van der Waals surface area contributed by atoms with E-state index < -0.39 is 11.9 Å². The van der Waals surface area contributed by atoms with Gasteiger partial charge in [0.15, 0.2) is 34.5 Å². The number of rotatable bonds is 45. The molecule has 12 rings (SSSR count). The Morgan fingerprint density at radius 2 is 0.477 bits per heavy atom. The predicted octanol–water partition coefficient (Wildman–Crippen LogP) is 22.4. The van der Waals surface area contributed by atoms with Crippen molar-refractivity contribution in [2.75, 3.05) is 119 Å². The Morgan fingerprint density at radius 3 is 0.703 bits per heavy atom. The third kappa shape index (κ3) is 23.2. The van der Waals surface area contributed by atoms with Crippen LogP contribution < -0.4 is 103 Å². The van der Waals surface area contributed by atoms with Crippen LogP contribution in [0.5, 0.6) is 86.2 Å². The van der Waals surface area contributed by atoms with Crippen LogP contribution in [0.15, 0.2) is 255 Å². The van der Waals surface area contributed by atoms with Crippen molar-refractivity contribution < 1.29 is 85.4 Å². The van der Waals surface area contributed by atoms with Crippen LogP contribution in [0.3, 0.4) is 0 Å². The number of aldehydes is 2. The molecule has 0 aliphatic heterocycles. The Bertz CT molecular complexity index is 5070. The zero-order chi connectivity index (χ0) is 91.4. The molecule has 0 saturated carbocycles. The van der Waals surface area contributed by atoms with E-state index in [-0.39, 0.29) is 0 Å². The fraction of sp³-hybridized carbons (Fsp3) is 0.264. The number of carbonyl (C=O) groups excluding carboxylic acids is 2. The number of unbranched alkanes of at least 4 members (excludes halogenated alkanes) is 6. The fourth-order valence-corrected chi connectivity index (χ4v) is 27.9. The summed E-state index contributed by atoms with van der Waals surface area (Å²) in [5, 5.41) is 6.50. The molecular weight excluding hydrogens is 1690 g/mol. The first-order valence-corrected chi connectivity index (χ1v) is 49.0.